The van der Waals surface area contributed by atoms with E-state index in [1.54, 1.807) is 24.3 Å². The molecule has 0 saturated heterocycles. The third kappa shape index (κ3) is 6.08. The highest BCUT2D eigenvalue weighted by atomic mass is 32.2. The van der Waals surface area contributed by atoms with Gasteiger partial charge in [-0.2, -0.15) is 8.42 Å². The summed E-state index contributed by atoms with van der Waals surface area (Å²) < 4.78 is 37.5. The molecular weight excluding hydrogens is 434 g/mol. The second-order valence-electron chi connectivity index (χ2n) is 8.73. The fourth-order valence-corrected chi connectivity index (χ4v) is 4.51. The molecule has 0 unspecified atom stereocenters. The zero-order chi connectivity index (χ0) is 24.2. The van der Waals surface area contributed by atoms with Crippen LogP contribution in [-0.2, 0) is 10.1 Å². The molecular formula is C27H33NO4S. The van der Waals surface area contributed by atoms with Crippen LogP contribution >= 0.6 is 0 Å². The van der Waals surface area contributed by atoms with Crippen LogP contribution in [0, 0.1) is 6.92 Å². The Kier molecular flexibility index (Phi) is 7.69. The summed E-state index contributed by atoms with van der Waals surface area (Å²) in [6.07, 6.45) is 0. The van der Waals surface area contributed by atoms with Gasteiger partial charge in [0.25, 0.3) is 0 Å². The molecule has 3 aromatic carbocycles. The van der Waals surface area contributed by atoms with Crippen molar-refractivity contribution in [1.29, 1.82) is 0 Å². The lowest BCUT2D eigenvalue weighted by Gasteiger charge is -2.22. The second kappa shape index (κ2) is 10.3. The number of benzene rings is 3. The van der Waals surface area contributed by atoms with Gasteiger partial charge in [0.2, 0.25) is 0 Å². The first kappa shape index (κ1) is 24.6. The Balaban J connectivity index is 2.00. The van der Waals surface area contributed by atoms with Crippen LogP contribution in [-0.4, -0.2) is 15.0 Å². The largest absolute Gasteiger partial charge is 0.494 e. The minimum absolute atomic E-state index is 0.0628. The molecule has 3 aromatic rings. The van der Waals surface area contributed by atoms with E-state index in [4.69, 9.17) is 8.92 Å². The lowest BCUT2D eigenvalue weighted by Crippen LogP contribution is -2.14. The number of aryl methyl sites for hydroxylation is 1. The van der Waals surface area contributed by atoms with Crippen molar-refractivity contribution in [1.82, 2.24) is 0 Å². The van der Waals surface area contributed by atoms with Crippen LogP contribution in [0.2, 0.25) is 0 Å². The molecule has 3 rings (SSSR count). The first-order chi connectivity index (χ1) is 15.6. The molecule has 0 atom stereocenters. The van der Waals surface area contributed by atoms with Crippen molar-refractivity contribution in [3.05, 3.63) is 77.4 Å². The number of hydrogen-bond acceptors (Lipinski definition) is 5. The van der Waals surface area contributed by atoms with Crippen molar-refractivity contribution in [2.75, 3.05) is 11.9 Å². The molecule has 0 radical (unpaired) electrons. The van der Waals surface area contributed by atoms with Crippen molar-refractivity contribution in [3.63, 3.8) is 0 Å². The van der Waals surface area contributed by atoms with E-state index in [9.17, 15) is 8.42 Å². The quantitative estimate of drug-likeness (QED) is 0.339. The average Bonchev–Trinajstić information content (AvgIpc) is 2.76. The molecule has 0 heterocycles. The van der Waals surface area contributed by atoms with Crippen LogP contribution in [0.15, 0.2) is 65.6 Å². The van der Waals surface area contributed by atoms with Gasteiger partial charge in [-0.15, -0.1) is 0 Å². The molecule has 5 nitrogen and oxygen atoms in total. The average molecular weight is 468 g/mol. The molecule has 0 aromatic heterocycles. The van der Waals surface area contributed by atoms with Crippen molar-refractivity contribution < 1.29 is 17.3 Å². The molecule has 0 saturated carbocycles. The minimum Gasteiger partial charge on any atom is -0.494 e. The highest BCUT2D eigenvalue weighted by Crippen LogP contribution is 2.39. The normalized spacial score (nSPS) is 11.6. The van der Waals surface area contributed by atoms with E-state index in [0.29, 0.717) is 12.4 Å². The highest BCUT2D eigenvalue weighted by Gasteiger charge is 2.24. The fourth-order valence-electron chi connectivity index (χ4n) is 3.53. The Morgan fingerprint density at radius 1 is 0.818 bits per heavy atom. The number of nitrogens with one attached hydrogen (secondary N) is 1. The molecule has 0 aliphatic carbocycles. The number of anilines is 2. The van der Waals surface area contributed by atoms with Crippen molar-refractivity contribution in [2.45, 2.75) is 58.3 Å². The lowest BCUT2D eigenvalue weighted by molar-refractivity contribution is 0.340. The predicted molar refractivity (Wildman–Crippen MR) is 135 cm³/mol. The van der Waals surface area contributed by atoms with Crippen LogP contribution < -0.4 is 14.2 Å². The zero-order valence-corrected chi connectivity index (χ0v) is 21.0. The smallest absolute Gasteiger partial charge is 0.339 e. The monoisotopic (exact) mass is 467 g/mol. The molecule has 33 heavy (non-hydrogen) atoms. The van der Waals surface area contributed by atoms with E-state index in [1.807, 2.05) is 77.9 Å². The van der Waals surface area contributed by atoms with Crippen molar-refractivity contribution in [2.24, 2.45) is 0 Å². The van der Waals surface area contributed by atoms with Gasteiger partial charge in [-0.05, 0) is 74.2 Å². The van der Waals surface area contributed by atoms with E-state index >= 15 is 0 Å². The summed E-state index contributed by atoms with van der Waals surface area (Å²) in [6.45, 7) is 12.6. The summed E-state index contributed by atoms with van der Waals surface area (Å²) in [5, 5.41) is 3.43. The van der Waals surface area contributed by atoms with Crippen molar-refractivity contribution in [3.8, 4) is 11.5 Å². The van der Waals surface area contributed by atoms with Gasteiger partial charge in [-0.25, -0.2) is 0 Å². The fraction of sp³-hybridized carbons (Fsp3) is 0.333. The molecule has 1 N–H and O–H groups in total. The zero-order valence-electron chi connectivity index (χ0n) is 20.2. The molecule has 0 fully saturated rings. The highest BCUT2D eigenvalue weighted by molar-refractivity contribution is 7.87. The van der Waals surface area contributed by atoms with Gasteiger partial charge in [0.05, 0.1) is 6.61 Å². The van der Waals surface area contributed by atoms with Crippen molar-refractivity contribution >= 4 is 21.5 Å². The topological polar surface area (TPSA) is 64.6 Å². The third-order valence-corrected chi connectivity index (χ3v) is 6.58. The Morgan fingerprint density at radius 3 is 1.85 bits per heavy atom. The van der Waals surface area contributed by atoms with Gasteiger partial charge in [-0.3, -0.25) is 0 Å². The maximum Gasteiger partial charge on any atom is 0.339 e. The van der Waals surface area contributed by atoms with E-state index < -0.39 is 10.1 Å². The molecule has 0 aliphatic rings. The first-order valence-electron chi connectivity index (χ1n) is 11.3. The van der Waals surface area contributed by atoms with Gasteiger partial charge in [0, 0.05) is 22.5 Å². The Labute approximate surface area is 197 Å². The molecule has 0 bridgehead atoms. The lowest BCUT2D eigenvalue weighted by atomic mass is 9.93. The summed E-state index contributed by atoms with van der Waals surface area (Å²) in [6, 6.07) is 18.4. The van der Waals surface area contributed by atoms with E-state index in [0.717, 1.165) is 33.8 Å². The standard InChI is InChI=1S/C27H33NO4S/c1-7-31-23-12-10-21(11-13-23)28-22-16-25(18(2)3)27(26(17-22)19(4)5)32-33(29,30)24-14-8-20(6)9-15-24/h8-19,28H,7H2,1-6H3. The van der Waals surface area contributed by atoms with E-state index in [2.05, 4.69) is 5.32 Å². The molecule has 176 valence electrons. The first-order valence-corrected chi connectivity index (χ1v) is 12.7. The van der Waals surface area contributed by atoms with Crippen LogP contribution in [0.5, 0.6) is 11.5 Å². The minimum atomic E-state index is -3.96. The number of ether oxygens (including phenoxy) is 1. The van der Waals surface area contributed by atoms with Gasteiger partial charge >= 0.3 is 10.1 Å². The van der Waals surface area contributed by atoms with E-state index in [1.165, 1.54) is 0 Å². The summed E-state index contributed by atoms with van der Waals surface area (Å²) in [5.74, 6) is 1.36. The SMILES string of the molecule is CCOc1ccc(Nc2cc(C(C)C)c(OS(=O)(=O)c3ccc(C)cc3)c(C(C)C)c2)cc1. The molecule has 0 spiro atoms. The summed E-state index contributed by atoms with van der Waals surface area (Å²) in [5.41, 5.74) is 4.47. The molecule has 6 heteroatoms. The summed E-state index contributed by atoms with van der Waals surface area (Å²) in [7, 11) is -3.96. The Bertz CT molecular complexity index is 1150. The Hall–Kier alpha value is -2.99. The second-order valence-corrected chi connectivity index (χ2v) is 10.3. The summed E-state index contributed by atoms with van der Waals surface area (Å²) >= 11 is 0. The van der Waals surface area contributed by atoms with Gasteiger partial charge in [0.1, 0.15) is 16.4 Å². The molecule has 0 amide bonds. The van der Waals surface area contributed by atoms with Gasteiger partial charge in [0.15, 0.2) is 0 Å². The third-order valence-electron chi connectivity index (χ3n) is 5.35. The Morgan fingerprint density at radius 2 is 1.36 bits per heavy atom. The van der Waals surface area contributed by atoms with Crippen LogP contribution in [0.1, 0.15) is 63.1 Å². The van der Waals surface area contributed by atoms with Crippen LogP contribution in [0.25, 0.3) is 0 Å². The van der Waals surface area contributed by atoms with E-state index in [-0.39, 0.29) is 16.7 Å². The van der Waals surface area contributed by atoms with Crippen LogP contribution in [0.3, 0.4) is 0 Å². The van der Waals surface area contributed by atoms with Crippen LogP contribution in [0.4, 0.5) is 11.4 Å². The predicted octanol–water partition coefficient (Wildman–Crippen LogP) is 7.15. The maximum absolute atomic E-state index is 13.1. The van der Waals surface area contributed by atoms with Gasteiger partial charge < -0.3 is 14.2 Å². The maximum atomic E-state index is 13.1. The number of rotatable bonds is 9. The number of hydrogen-bond donors (Lipinski definition) is 1. The van der Waals surface area contributed by atoms with Gasteiger partial charge in [-0.1, -0.05) is 45.4 Å². The molecule has 0 aliphatic heterocycles. The summed E-state index contributed by atoms with van der Waals surface area (Å²) in [4.78, 5) is 0.147.